The third-order valence-electron chi connectivity index (χ3n) is 5.04. The molecule has 1 aliphatic carbocycles. The molecule has 1 saturated carbocycles. The molecule has 0 radical (unpaired) electrons. The summed E-state index contributed by atoms with van der Waals surface area (Å²) in [4.78, 5) is 13.5. The quantitative estimate of drug-likeness (QED) is 0.836. The minimum absolute atomic E-state index is 0.0492. The van der Waals surface area contributed by atoms with E-state index in [2.05, 4.69) is 25.8 Å². The van der Waals surface area contributed by atoms with Gasteiger partial charge in [0.25, 0.3) is 0 Å². The highest BCUT2D eigenvalue weighted by molar-refractivity contribution is 5.71. The smallest absolute Gasteiger partial charge is 0.310 e. The first-order valence-corrected chi connectivity index (χ1v) is 7.03. The maximum atomic E-state index is 11.2. The number of nitrogens with zero attached hydrogens (tertiary/aromatic N) is 1. The molecule has 1 heterocycles. The molecule has 1 saturated heterocycles. The molecular weight excluding hydrogens is 230 g/mol. The maximum absolute atomic E-state index is 11.2. The number of carboxylic acids is 1. The molecule has 0 aromatic rings. The SMILES string of the molecule is CC1CCC(N(C)C2COCC2C(=O)O)CC1C. The molecule has 0 aromatic heterocycles. The molecular formula is C14H25NO3. The molecule has 2 aliphatic rings. The van der Waals surface area contributed by atoms with E-state index in [1.54, 1.807) is 0 Å². The highest BCUT2D eigenvalue weighted by atomic mass is 16.5. The molecule has 0 bridgehead atoms. The minimum atomic E-state index is -0.721. The molecule has 104 valence electrons. The van der Waals surface area contributed by atoms with Crippen molar-refractivity contribution >= 4 is 5.97 Å². The average Bonchev–Trinajstić information content (AvgIpc) is 2.81. The van der Waals surface area contributed by atoms with Gasteiger partial charge in [-0.25, -0.2) is 0 Å². The molecule has 4 heteroatoms. The maximum Gasteiger partial charge on any atom is 0.310 e. The first-order chi connectivity index (χ1) is 8.50. The van der Waals surface area contributed by atoms with Crippen LogP contribution in [0.25, 0.3) is 0 Å². The first kappa shape index (κ1) is 13.8. The zero-order chi connectivity index (χ0) is 13.3. The monoisotopic (exact) mass is 255 g/mol. The molecule has 4 nitrogen and oxygen atoms in total. The highest BCUT2D eigenvalue weighted by Crippen LogP contribution is 2.34. The highest BCUT2D eigenvalue weighted by Gasteiger charge is 2.40. The molecule has 5 atom stereocenters. The molecule has 1 N–H and O–H groups in total. The Morgan fingerprint density at radius 3 is 2.56 bits per heavy atom. The molecule has 2 rings (SSSR count). The van der Waals surface area contributed by atoms with Gasteiger partial charge in [-0.3, -0.25) is 9.69 Å². The van der Waals surface area contributed by atoms with Crippen LogP contribution < -0.4 is 0 Å². The lowest BCUT2D eigenvalue weighted by Gasteiger charge is -2.40. The number of likely N-dealkylation sites (N-methyl/N-ethyl adjacent to an activating group) is 1. The number of carbonyl (C=O) groups is 1. The van der Waals surface area contributed by atoms with Crippen LogP contribution in [-0.2, 0) is 9.53 Å². The molecule has 1 aliphatic heterocycles. The fourth-order valence-electron chi connectivity index (χ4n) is 3.34. The summed E-state index contributed by atoms with van der Waals surface area (Å²) in [5.41, 5.74) is 0. The summed E-state index contributed by atoms with van der Waals surface area (Å²) < 4.78 is 5.37. The van der Waals surface area contributed by atoms with Crippen molar-refractivity contribution < 1.29 is 14.6 Å². The van der Waals surface area contributed by atoms with E-state index >= 15 is 0 Å². The van der Waals surface area contributed by atoms with Crippen LogP contribution in [-0.4, -0.2) is 48.3 Å². The summed E-state index contributed by atoms with van der Waals surface area (Å²) in [6.45, 7) is 5.56. The zero-order valence-electron chi connectivity index (χ0n) is 11.6. The zero-order valence-corrected chi connectivity index (χ0v) is 11.6. The Kier molecular flexibility index (Phi) is 4.28. The van der Waals surface area contributed by atoms with Gasteiger partial charge in [-0.15, -0.1) is 0 Å². The van der Waals surface area contributed by atoms with Gasteiger partial charge in [0.15, 0.2) is 0 Å². The van der Waals surface area contributed by atoms with E-state index in [4.69, 9.17) is 4.74 Å². The van der Waals surface area contributed by atoms with Gasteiger partial charge in [0.2, 0.25) is 0 Å². The lowest BCUT2D eigenvalue weighted by atomic mass is 9.78. The minimum Gasteiger partial charge on any atom is -0.481 e. The van der Waals surface area contributed by atoms with Gasteiger partial charge < -0.3 is 9.84 Å². The largest absolute Gasteiger partial charge is 0.481 e. The van der Waals surface area contributed by atoms with Gasteiger partial charge in [0.05, 0.1) is 19.1 Å². The molecule has 0 aromatic carbocycles. The molecule has 0 amide bonds. The molecule has 2 fully saturated rings. The third kappa shape index (κ3) is 2.69. The Morgan fingerprint density at radius 2 is 1.94 bits per heavy atom. The van der Waals surface area contributed by atoms with Crippen LogP contribution in [0.3, 0.4) is 0 Å². The number of aliphatic carboxylic acids is 1. The number of hydrogen-bond acceptors (Lipinski definition) is 3. The van der Waals surface area contributed by atoms with Crippen molar-refractivity contribution in [2.24, 2.45) is 17.8 Å². The Balaban J connectivity index is 1.98. The standard InChI is InChI=1S/C14H25NO3/c1-9-4-5-11(6-10(9)2)15(3)13-8-18-7-12(13)14(16)17/h9-13H,4-8H2,1-3H3,(H,16,17). The number of rotatable bonds is 3. The summed E-state index contributed by atoms with van der Waals surface area (Å²) in [5, 5.41) is 9.22. The van der Waals surface area contributed by atoms with Gasteiger partial charge in [0.1, 0.15) is 0 Å². The summed E-state index contributed by atoms with van der Waals surface area (Å²) in [6, 6.07) is 0.567. The van der Waals surface area contributed by atoms with Crippen LogP contribution in [0.2, 0.25) is 0 Å². The van der Waals surface area contributed by atoms with Crippen molar-refractivity contribution in [1.29, 1.82) is 0 Å². The van der Waals surface area contributed by atoms with E-state index < -0.39 is 5.97 Å². The van der Waals surface area contributed by atoms with Gasteiger partial charge in [0, 0.05) is 12.1 Å². The number of ether oxygens (including phenoxy) is 1. The van der Waals surface area contributed by atoms with Crippen molar-refractivity contribution in [3.63, 3.8) is 0 Å². The Hall–Kier alpha value is -0.610. The summed E-state index contributed by atoms with van der Waals surface area (Å²) in [5.74, 6) is 0.452. The van der Waals surface area contributed by atoms with E-state index in [1.165, 1.54) is 19.3 Å². The van der Waals surface area contributed by atoms with E-state index in [-0.39, 0.29) is 12.0 Å². The summed E-state index contributed by atoms with van der Waals surface area (Å²) in [7, 11) is 2.07. The van der Waals surface area contributed by atoms with Gasteiger partial charge in [-0.1, -0.05) is 13.8 Å². The number of hydrogen-bond donors (Lipinski definition) is 1. The second-order valence-corrected chi connectivity index (χ2v) is 6.14. The molecule has 18 heavy (non-hydrogen) atoms. The Labute approximate surface area is 109 Å². The summed E-state index contributed by atoms with van der Waals surface area (Å²) in [6.07, 6.45) is 3.62. The van der Waals surface area contributed by atoms with E-state index in [0.29, 0.717) is 19.3 Å². The van der Waals surface area contributed by atoms with Crippen molar-refractivity contribution in [2.75, 3.05) is 20.3 Å². The second kappa shape index (κ2) is 5.57. The van der Waals surface area contributed by atoms with Crippen LogP contribution in [0.5, 0.6) is 0 Å². The normalized spacial score (nSPS) is 41.2. The predicted molar refractivity (Wildman–Crippen MR) is 69.5 cm³/mol. The molecule has 0 spiro atoms. The van der Waals surface area contributed by atoms with Crippen molar-refractivity contribution in [3.8, 4) is 0 Å². The first-order valence-electron chi connectivity index (χ1n) is 7.03. The second-order valence-electron chi connectivity index (χ2n) is 6.14. The van der Waals surface area contributed by atoms with Crippen LogP contribution in [0.4, 0.5) is 0 Å². The lowest BCUT2D eigenvalue weighted by Crippen LogP contribution is -2.48. The lowest BCUT2D eigenvalue weighted by molar-refractivity contribution is -0.143. The Morgan fingerprint density at radius 1 is 1.22 bits per heavy atom. The number of carboxylic acid groups (broad SMARTS) is 1. The predicted octanol–water partition coefficient (Wildman–Crippen LogP) is 1.84. The van der Waals surface area contributed by atoms with Gasteiger partial charge in [-0.2, -0.15) is 0 Å². The van der Waals surface area contributed by atoms with Crippen molar-refractivity contribution in [2.45, 2.75) is 45.2 Å². The van der Waals surface area contributed by atoms with Crippen LogP contribution in [0.1, 0.15) is 33.1 Å². The van der Waals surface area contributed by atoms with Crippen molar-refractivity contribution in [3.05, 3.63) is 0 Å². The fraction of sp³-hybridized carbons (Fsp3) is 0.929. The Bertz CT molecular complexity index is 307. The van der Waals surface area contributed by atoms with E-state index in [9.17, 15) is 9.90 Å². The average molecular weight is 255 g/mol. The van der Waals surface area contributed by atoms with Gasteiger partial charge in [-0.05, 0) is 38.1 Å². The van der Waals surface area contributed by atoms with E-state index in [0.717, 1.165) is 11.8 Å². The fourth-order valence-corrected chi connectivity index (χ4v) is 3.34. The van der Waals surface area contributed by atoms with Crippen LogP contribution in [0.15, 0.2) is 0 Å². The third-order valence-corrected chi connectivity index (χ3v) is 5.04. The topological polar surface area (TPSA) is 49.8 Å². The summed E-state index contributed by atoms with van der Waals surface area (Å²) >= 11 is 0. The molecule has 5 unspecified atom stereocenters. The van der Waals surface area contributed by atoms with Gasteiger partial charge >= 0.3 is 5.97 Å². The van der Waals surface area contributed by atoms with Crippen LogP contribution >= 0.6 is 0 Å². The van der Waals surface area contributed by atoms with E-state index in [1.807, 2.05) is 0 Å². The van der Waals surface area contributed by atoms with Crippen molar-refractivity contribution in [1.82, 2.24) is 4.90 Å². The van der Waals surface area contributed by atoms with Crippen LogP contribution in [0, 0.1) is 17.8 Å².